The molecule has 0 heterocycles. The molecule has 0 aromatic rings. The van der Waals surface area contributed by atoms with E-state index in [2.05, 4.69) is 34.6 Å². The van der Waals surface area contributed by atoms with Crippen LogP contribution in [0.15, 0.2) is 0 Å². The molecule has 0 radical (unpaired) electrons. The molecule has 172 valence electrons. The molecule has 0 aliphatic heterocycles. The van der Waals surface area contributed by atoms with Gasteiger partial charge in [-0.05, 0) is 85.9 Å². The van der Waals surface area contributed by atoms with Gasteiger partial charge in [0.05, 0.1) is 0 Å². The average Bonchev–Trinajstić information content (AvgIpc) is 3.04. The fourth-order valence-electron chi connectivity index (χ4n) is 9.14. The predicted molar refractivity (Wildman–Crippen MR) is 121 cm³/mol. The first-order valence-electron chi connectivity index (χ1n) is 13.0. The summed E-state index contributed by atoms with van der Waals surface area (Å²) >= 11 is 0. The monoisotopic (exact) mass is 418 g/mol. The molecule has 3 heteroatoms. The van der Waals surface area contributed by atoms with Crippen LogP contribution in [0.25, 0.3) is 0 Å². The summed E-state index contributed by atoms with van der Waals surface area (Å²) in [7, 11) is 0. The third-order valence-electron chi connectivity index (χ3n) is 11.0. The number of hydrogen-bond donors (Lipinski definition) is 2. The van der Waals surface area contributed by atoms with Crippen molar-refractivity contribution in [2.45, 2.75) is 117 Å². The molecule has 2 N–H and O–H groups in total. The highest BCUT2D eigenvalue weighted by Gasteiger charge is 2.67. The molecule has 0 spiro atoms. The summed E-state index contributed by atoms with van der Waals surface area (Å²) in [6, 6.07) is 0. The summed E-state index contributed by atoms with van der Waals surface area (Å²) in [6.45, 7) is 12.0. The Morgan fingerprint density at radius 3 is 2.40 bits per heavy atom. The van der Waals surface area contributed by atoms with Crippen LogP contribution in [0.4, 0.5) is 0 Å². The quantitative estimate of drug-likeness (QED) is 0.596. The number of ketones is 1. The zero-order valence-electron chi connectivity index (χ0n) is 20.1. The molecule has 4 aliphatic carbocycles. The highest BCUT2D eigenvalue weighted by molar-refractivity contribution is 5.85. The minimum Gasteiger partial charge on any atom is -0.386 e. The lowest BCUT2D eigenvalue weighted by atomic mass is 9.42. The summed E-state index contributed by atoms with van der Waals surface area (Å²) in [5, 5.41) is 22.2. The van der Waals surface area contributed by atoms with Crippen molar-refractivity contribution in [2.75, 3.05) is 0 Å². The van der Waals surface area contributed by atoms with Gasteiger partial charge < -0.3 is 10.2 Å². The number of Topliss-reactive ketones (excluding diaryl/α,β-unsaturated/α-hetero) is 1. The van der Waals surface area contributed by atoms with Gasteiger partial charge in [-0.2, -0.15) is 0 Å². The van der Waals surface area contributed by atoms with Crippen LogP contribution in [0, 0.1) is 46.3 Å². The van der Waals surface area contributed by atoms with Gasteiger partial charge in [0.15, 0.2) is 5.78 Å². The summed E-state index contributed by atoms with van der Waals surface area (Å²) in [6.07, 6.45) is 10.8. The number of aliphatic hydroxyl groups is 2. The molecular weight excluding hydrogens is 372 g/mol. The second-order valence-corrected chi connectivity index (χ2v) is 12.7. The van der Waals surface area contributed by atoms with Gasteiger partial charge in [-0.25, -0.2) is 0 Å². The Labute approximate surface area is 184 Å². The van der Waals surface area contributed by atoms with Gasteiger partial charge >= 0.3 is 0 Å². The molecule has 9 atom stereocenters. The maximum absolute atomic E-state index is 12.2. The molecule has 3 nitrogen and oxygen atoms in total. The Balaban J connectivity index is 1.52. The molecular formula is C27H46O3. The molecule has 0 aromatic heterocycles. The van der Waals surface area contributed by atoms with Gasteiger partial charge in [0.1, 0.15) is 11.7 Å². The van der Waals surface area contributed by atoms with Crippen molar-refractivity contribution in [3.05, 3.63) is 0 Å². The summed E-state index contributed by atoms with van der Waals surface area (Å²) in [4.78, 5) is 12.2. The SMILES string of the molecule is CC(C)CCC[C@@H](C)[C@H]1CC[C@H]2[C@@H]3CC[C@]4(O)[C@@H](O)C(=O)CC[C@]4(C)[C@H]3CC[C@]12C. The van der Waals surface area contributed by atoms with Gasteiger partial charge in [-0.15, -0.1) is 0 Å². The van der Waals surface area contributed by atoms with E-state index in [1.165, 1.54) is 38.5 Å². The minimum absolute atomic E-state index is 0.148. The Morgan fingerprint density at radius 2 is 1.70 bits per heavy atom. The number of fused-ring (bicyclic) bond motifs is 5. The van der Waals surface area contributed by atoms with E-state index in [-0.39, 0.29) is 11.2 Å². The lowest BCUT2D eigenvalue weighted by Gasteiger charge is -2.64. The van der Waals surface area contributed by atoms with Crippen LogP contribution < -0.4 is 0 Å². The summed E-state index contributed by atoms with van der Waals surface area (Å²) < 4.78 is 0. The predicted octanol–water partition coefficient (Wildman–Crippen LogP) is 5.76. The standard InChI is InChI=1S/C27H46O3/c1-17(2)7-6-8-18(3)20-9-10-21-19-11-16-27(30)24(29)23(28)13-15-26(27,5)22(19)12-14-25(20,21)4/h17-22,24,29-30H,6-16H2,1-5H3/t18-,19+,20-,21+,22+,24+,25-,26-,27+/m1/s1. The van der Waals surface area contributed by atoms with E-state index in [4.69, 9.17) is 0 Å². The van der Waals surface area contributed by atoms with Crippen LogP contribution in [-0.4, -0.2) is 27.7 Å². The van der Waals surface area contributed by atoms with Crippen LogP contribution in [0.2, 0.25) is 0 Å². The van der Waals surface area contributed by atoms with Gasteiger partial charge in [-0.3, -0.25) is 4.79 Å². The highest BCUT2D eigenvalue weighted by atomic mass is 16.3. The lowest BCUT2D eigenvalue weighted by Crippen LogP contribution is -2.68. The third kappa shape index (κ3) is 3.24. The first kappa shape index (κ1) is 22.8. The molecule has 4 fully saturated rings. The number of carbonyl (C=O) groups is 1. The van der Waals surface area contributed by atoms with Crippen LogP contribution >= 0.6 is 0 Å². The highest BCUT2D eigenvalue weighted by Crippen LogP contribution is 2.69. The Bertz CT molecular complexity index is 658. The van der Waals surface area contributed by atoms with Crippen molar-refractivity contribution < 1.29 is 15.0 Å². The first-order chi connectivity index (χ1) is 14.0. The molecule has 4 saturated carbocycles. The molecule has 0 bridgehead atoms. The second-order valence-electron chi connectivity index (χ2n) is 12.7. The molecule has 30 heavy (non-hydrogen) atoms. The Morgan fingerprint density at radius 1 is 0.967 bits per heavy atom. The zero-order valence-corrected chi connectivity index (χ0v) is 20.1. The molecule has 4 aliphatic rings. The first-order valence-corrected chi connectivity index (χ1v) is 13.0. The van der Waals surface area contributed by atoms with Gasteiger partial charge in [0.2, 0.25) is 0 Å². The molecule has 0 saturated heterocycles. The number of rotatable bonds is 5. The smallest absolute Gasteiger partial charge is 0.164 e. The van der Waals surface area contributed by atoms with Crippen molar-refractivity contribution in [1.29, 1.82) is 0 Å². The van der Waals surface area contributed by atoms with Gasteiger partial charge in [0, 0.05) is 11.8 Å². The van der Waals surface area contributed by atoms with Crippen molar-refractivity contribution in [1.82, 2.24) is 0 Å². The van der Waals surface area contributed by atoms with E-state index in [1.54, 1.807) is 0 Å². The molecule has 0 amide bonds. The van der Waals surface area contributed by atoms with E-state index in [1.807, 2.05) is 0 Å². The Kier molecular flexibility index (Phi) is 5.97. The van der Waals surface area contributed by atoms with E-state index in [9.17, 15) is 15.0 Å². The summed E-state index contributed by atoms with van der Waals surface area (Å²) in [5.41, 5.74) is -1.09. The van der Waals surface area contributed by atoms with Crippen LogP contribution in [-0.2, 0) is 4.79 Å². The Hall–Kier alpha value is -0.410. The van der Waals surface area contributed by atoms with Crippen molar-refractivity contribution in [3.63, 3.8) is 0 Å². The topological polar surface area (TPSA) is 57.5 Å². The largest absolute Gasteiger partial charge is 0.386 e. The van der Waals surface area contributed by atoms with Crippen LogP contribution in [0.3, 0.4) is 0 Å². The van der Waals surface area contributed by atoms with Crippen LogP contribution in [0.1, 0.15) is 105 Å². The number of aliphatic hydroxyl groups excluding tert-OH is 1. The molecule has 0 unspecified atom stereocenters. The molecule has 0 aromatic carbocycles. The van der Waals surface area contributed by atoms with Crippen molar-refractivity contribution in [3.8, 4) is 0 Å². The van der Waals surface area contributed by atoms with Gasteiger partial charge in [0.25, 0.3) is 0 Å². The lowest BCUT2D eigenvalue weighted by molar-refractivity contribution is -0.238. The molecule has 4 rings (SSSR count). The van der Waals surface area contributed by atoms with Crippen molar-refractivity contribution >= 4 is 5.78 Å². The summed E-state index contributed by atoms with van der Waals surface area (Å²) in [5.74, 6) is 4.16. The third-order valence-corrected chi connectivity index (χ3v) is 11.0. The number of hydrogen-bond acceptors (Lipinski definition) is 3. The second kappa shape index (κ2) is 7.87. The fraction of sp³-hybridized carbons (Fsp3) is 0.963. The van der Waals surface area contributed by atoms with Crippen molar-refractivity contribution in [2.24, 2.45) is 46.3 Å². The van der Waals surface area contributed by atoms with E-state index in [0.29, 0.717) is 30.1 Å². The minimum atomic E-state index is -1.21. The van der Waals surface area contributed by atoms with E-state index < -0.39 is 11.7 Å². The van der Waals surface area contributed by atoms with E-state index in [0.717, 1.165) is 42.9 Å². The maximum atomic E-state index is 12.2. The van der Waals surface area contributed by atoms with Gasteiger partial charge in [-0.1, -0.05) is 53.9 Å². The zero-order chi connectivity index (χ0) is 21.9. The maximum Gasteiger partial charge on any atom is 0.164 e. The van der Waals surface area contributed by atoms with E-state index >= 15 is 0 Å². The number of carbonyl (C=O) groups excluding carboxylic acids is 1. The normalized spacial score (nSPS) is 49.5. The fourth-order valence-corrected chi connectivity index (χ4v) is 9.14. The van der Waals surface area contributed by atoms with Crippen LogP contribution in [0.5, 0.6) is 0 Å². The average molecular weight is 419 g/mol.